The quantitative estimate of drug-likeness (QED) is 0.491. The summed E-state index contributed by atoms with van der Waals surface area (Å²) in [6.07, 6.45) is 0. The number of para-hydroxylation sites is 2. The molecule has 3 aromatic carbocycles. The van der Waals surface area contributed by atoms with E-state index in [1.54, 1.807) is 10.6 Å². The Morgan fingerprint density at radius 2 is 1.67 bits per heavy atom. The summed E-state index contributed by atoms with van der Waals surface area (Å²) >= 11 is 4.71. The molecule has 0 saturated heterocycles. The van der Waals surface area contributed by atoms with Crippen molar-refractivity contribution in [3.8, 4) is 11.6 Å². The molecule has 1 N–H and O–H groups in total. The lowest BCUT2D eigenvalue weighted by molar-refractivity contribution is -0.112. The molecule has 0 unspecified atom stereocenters. The third kappa shape index (κ3) is 3.22. The van der Waals surface area contributed by atoms with Crippen LogP contribution in [0.25, 0.3) is 11.3 Å². The zero-order valence-corrected chi connectivity index (χ0v) is 17.9. The second-order valence-corrected chi connectivity index (χ2v) is 8.50. The maximum atomic E-state index is 12.7. The van der Waals surface area contributed by atoms with Crippen molar-refractivity contribution >= 4 is 44.4 Å². The third-order valence-electron chi connectivity index (χ3n) is 4.69. The van der Waals surface area contributed by atoms with Gasteiger partial charge in [-0.15, -0.1) is 0 Å². The Morgan fingerprint density at radius 3 is 2.40 bits per heavy atom. The van der Waals surface area contributed by atoms with Crippen molar-refractivity contribution in [3.63, 3.8) is 0 Å². The Morgan fingerprint density at radius 1 is 0.967 bits per heavy atom. The Labute approximate surface area is 183 Å². The van der Waals surface area contributed by atoms with Crippen molar-refractivity contribution in [1.82, 2.24) is 4.57 Å². The highest BCUT2D eigenvalue weighted by atomic mass is 79.9. The summed E-state index contributed by atoms with van der Waals surface area (Å²) in [5.41, 5.74) is 1.89. The summed E-state index contributed by atoms with van der Waals surface area (Å²) in [6, 6.07) is 24.4. The summed E-state index contributed by atoms with van der Waals surface area (Å²) in [4.78, 5) is 22.6. The first-order valence-corrected chi connectivity index (χ1v) is 10.8. The third-order valence-corrected chi connectivity index (χ3v) is 6.23. The second kappa shape index (κ2) is 7.51. The van der Waals surface area contributed by atoms with Gasteiger partial charge in [-0.25, -0.2) is 9.98 Å². The van der Waals surface area contributed by atoms with E-state index in [1.807, 2.05) is 72.8 Å². The number of rotatable bonds is 3. The van der Waals surface area contributed by atoms with Gasteiger partial charge in [-0.1, -0.05) is 63.7 Å². The van der Waals surface area contributed by atoms with Gasteiger partial charge in [0.2, 0.25) is 5.88 Å². The molecule has 0 aliphatic carbocycles. The molecule has 0 saturated carbocycles. The Kier molecular flexibility index (Phi) is 4.69. The van der Waals surface area contributed by atoms with E-state index in [9.17, 15) is 9.90 Å². The molecule has 1 aliphatic heterocycles. The van der Waals surface area contributed by atoms with Gasteiger partial charge in [0, 0.05) is 9.69 Å². The van der Waals surface area contributed by atoms with Crippen LogP contribution in [0.3, 0.4) is 0 Å². The van der Waals surface area contributed by atoms with Crippen LogP contribution in [-0.2, 0) is 4.79 Å². The lowest BCUT2D eigenvalue weighted by atomic mass is 10.1. The van der Waals surface area contributed by atoms with Gasteiger partial charge in [0.25, 0.3) is 5.91 Å². The van der Waals surface area contributed by atoms with Gasteiger partial charge in [-0.3, -0.25) is 9.36 Å². The highest BCUT2D eigenvalue weighted by Crippen LogP contribution is 2.31. The number of aromatic hydroxyl groups is 1. The van der Waals surface area contributed by atoms with Crippen LogP contribution in [0.5, 0.6) is 5.88 Å². The maximum Gasteiger partial charge on any atom is 0.279 e. The molecule has 5 rings (SSSR count). The number of amides is 1. The summed E-state index contributed by atoms with van der Waals surface area (Å²) in [7, 11) is 0. The summed E-state index contributed by atoms with van der Waals surface area (Å²) < 4.78 is 2.49. The fourth-order valence-electron chi connectivity index (χ4n) is 3.34. The van der Waals surface area contributed by atoms with Crippen molar-refractivity contribution in [1.29, 1.82) is 0 Å². The van der Waals surface area contributed by atoms with Gasteiger partial charge in [-0.05, 0) is 42.5 Å². The predicted octanol–water partition coefficient (Wildman–Crippen LogP) is 3.60. The molecule has 2 heterocycles. The van der Waals surface area contributed by atoms with E-state index < -0.39 is 0 Å². The van der Waals surface area contributed by atoms with Crippen LogP contribution in [0.15, 0.2) is 93.3 Å². The Bertz CT molecular complexity index is 1470. The molecule has 0 spiro atoms. The van der Waals surface area contributed by atoms with Crippen molar-refractivity contribution in [3.05, 3.63) is 104 Å². The van der Waals surface area contributed by atoms with Crippen LogP contribution >= 0.6 is 27.3 Å². The van der Waals surface area contributed by atoms with Crippen molar-refractivity contribution < 1.29 is 9.90 Å². The number of halogens is 1. The molecular weight excluding hydrogens is 462 g/mol. The first kappa shape index (κ1) is 18.7. The van der Waals surface area contributed by atoms with E-state index in [0.29, 0.717) is 25.8 Å². The first-order chi connectivity index (χ1) is 14.6. The number of hydrogen-bond acceptors (Lipinski definition) is 4. The molecule has 5 nitrogen and oxygen atoms in total. The molecule has 0 atom stereocenters. The molecular formula is C23H14BrN3O2S. The zero-order valence-electron chi connectivity index (χ0n) is 15.5. The summed E-state index contributed by atoms with van der Waals surface area (Å²) in [6.45, 7) is 0. The molecule has 4 aromatic rings. The minimum atomic E-state index is -0.369. The second-order valence-electron chi connectivity index (χ2n) is 6.61. The highest BCUT2D eigenvalue weighted by Gasteiger charge is 2.26. The van der Waals surface area contributed by atoms with Crippen molar-refractivity contribution in [2.24, 2.45) is 9.98 Å². The summed E-state index contributed by atoms with van der Waals surface area (Å²) in [5, 5.41) is 12.5. The van der Waals surface area contributed by atoms with Crippen LogP contribution in [0.4, 0.5) is 5.69 Å². The lowest BCUT2D eigenvalue weighted by Gasteiger charge is -2.05. The SMILES string of the molecule is O=C1N=c2ccc(Br)cc2=C1c1sc(=Nc2ccccc2)n(-c2ccccc2)c1O. The van der Waals surface area contributed by atoms with E-state index in [4.69, 9.17) is 4.99 Å². The number of fused-ring (bicyclic) bond motifs is 1. The molecule has 146 valence electrons. The molecule has 1 aromatic heterocycles. The number of benzene rings is 3. The van der Waals surface area contributed by atoms with Gasteiger partial charge in [0.05, 0.1) is 22.3 Å². The molecule has 0 bridgehead atoms. The van der Waals surface area contributed by atoms with Gasteiger partial charge in [0.15, 0.2) is 4.80 Å². The highest BCUT2D eigenvalue weighted by molar-refractivity contribution is 9.10. The van der Waals surface area contributed by atoms with Gasteiger partial charge >= 0.3 is 0 Å². The molecule has 0 fully saturated rings. The van der Waals surface area contributed by atoms with Crippen LogP contribution in [-0.4, -0.2) is 15.6 Å². The number of nitrogens with zero attached hydrogens (tertiary/aromatic N) is 3. The van der Waals surface area contributed by atoms with Crippen molar-refractivity contribution in [2.45, 2.75) is 0 Å². The Hall–Kier alpha value is -3.29. The molecule has 30 heavy (non-hydrogen) atoms. The average Bonchev–Trinajstić information content (AvgIpc) is 3.24. The zero-order chi connectivity index (χ0) is 20.7. The normalized spacial score (nSPS) is 13.4. The summed E-state index contributed by atoms with van der Waals surface area (Å²) in [5.74, 6) is -0.404. The fourth-order valence-corrected chi connectivity index (χ4v) is 4.80. The molecule has 1 aliphatic rings. The molecule has 7 heteroatoms. The molecule has 1 amide bonds. The number of thiazole rings is 1. The number of carbonyl (C=O) groups excluding carboxylic acids is 1. The van der Waals surface area contributed by atoms with Crippen molar-refractivity contribution in [2.75, 3.05) is 0 Å². The predicted molar refractivity (Wildman–Crippen MR) is 119 cm³/mol. The monoisotopic (exact) mass is 475 g/mol. The topological polar surface area (TPSA) is 67.0 Å². The van der Waals surface area contributed by atoms with E-state index in [-0.39, 0.29) is 11.8 Å². The number of aromatic nitrogens is 1. The van der Waals surface area contributed by atoms with Crippen LogP contribution in [0, 0.1) is 0 Å². The number of carbonyl (C=O) groups is 1. The average molecular weight is 476 g/mol. The Balaban J connectivity index is 1.85. The fraction of sp³-hybridized carbons (Fsp3) is 0. The van der Waals surface area contributed by atoms with Crippen LogP contribution in [0.1, 0.15) is 4.88 Å². The van der Waals surface area contributed by atoms with E-state index >= 15 is 0 Å². The lowest BCUT2D eigenvalue weighted by Crippen LogP contribution is -2.22. The molecule has 0 radical (unpaired) electrons. The first-order valence-electron chi connectivity index (χ1n) is 9.15. The van der Waals surface area contributed by atoms with E-state index in [1.165, 1.54) is 11.3 Å². The minimum Gasteiger partial charge on any atom is -0.493 e. The van der Waals surface area contributed by atoms with Gasteiger partial charge < -0.3 is 5.11 Å². The van der Waals surface area contributed by atoms with Crippen LogP contribution in [0.2, 0.25) is 0 Å². The minimum absolute atomic E-state index is 0.0349. The maximum absolute atomic E-state index is 12.7. The smallest absolute Gasteiger partial charge is 0.279 e. The van der Waals surface area contributed by atoms with Crippen LogP contribution < -0.4 is 15.4 Å². The van der Waals surface area contributed by atoms with Gasteiger partial charge in [-0.2, -0.15) is 0 Å². The standard InChI is InChI=1S/C23H14BrN3O2S/c24-14-11-12-18-17(13-14)19(21(28)26-18)20-22(29)27(16-9-5-2-6-10-16)23(30-20)25-15-7-3-1-4-8-15/h1-13,29H. The largest absolute Gasteiger partial charge is 0.493 e. The van der Waals surface area contributed by atoms with E-state index in [2.05, 4.69) is 20.9 Å². The van der Waals surface area contributed by atoms with E-state index in [0.717, 1.165) is 15.8 Å². The number of hydrogen-bond donors (Lipinski definition) is 1. The van der Waals surface area contributed by atoms with Gasteiger partial charge in [0.1, 0.15) is 4.88 Å².